The number of ether oxygens (including phenoxy) is 6. The number of anilines is 2. The Bertz CT molecular complexity index is 2670. The van der Waals surface area contributed by atoms with E-state index in [1.54, 1.807) is 74.9 Å². The predicted octanol–water partition coefficient (Wildman–Crippen LogP) is 8.95. The first-order valence-corrected chi connectivity index (χ1v) is 33.4. The molecule has 2 aromatic carbocycles. The van der Waals surface area contributed by atoms with Gasteiger partial charge in [-0.15, -0.1) is 0 Å². The summed E-state index contributed by atoms with van der Waals surface area (Å²) in [6, 6.07) is 9.01. The van der Waals surface area contributed by atoms with Crippen molar-refractivity contribution in [2.75, 3.05) is 72.0 Å². The zero-order valence-electron chi connectivity index (χ0n) is 57.3. The van der Waals surface area contributed by atoms with E-state index < -0.39 is 101 Å². The average molecular weight is 1290 g/mol. The molecule has 2 aliphatic heterocycles. The number of likely N-dealkylation sites (N-methyl/N-ethyl adjacent to an activating group) is 2. The van der Waals surface area contributed by atoms with Gasteiger partial charge in [-0.25, -0.2) is 9.59 Å². The maximum atomic E-state index is 14.9. The minimum Gasteiger partial charge on any atom is -0.445 e. The molecule has 7 amide bonds. The van der Waals surface area contributed by atoms with Crippen LogP contribution in [-0.2, 0) is 59.0 Å². The van der Waals surface area contributed by atoms with E-state index in [9.17, 15) is 38.7 Å². The summed E-state index contributed by atoms with van der Waals surface area (Å²) in [6.45, 7) is 23.6. The molecule has 22 nitrogen and oxygen atoms in total. The van der Waals surface area contributed by atoms with Gasteiger partial charge in [0.05, 0.1) is 79.9 Å². The molecule has 13 atom stereocenters. The molecule has 2 heterocycles. The summed E-state index contributed by atoms with van der Waals surface area (Å²) < 4.78 is 33.7. The Morgan fingerprint density at radius 3 is 2.14 bits per heavy atom. The number of aliphatic hydroxyl groups is 1. The van der Waals surface area contributed by atoms with E-state index in [-0.39, 0.29) is 62.3 Å². The maximum absolute atomic E-state index is 14.9. The lowest BCUT2D eigenvalue weighted by atomic mass is 9.89. The topological polar surface area (TPSA) is 265 Å². The molecule has 3 unspecified atom stereocenters. The highest BCUT2D eigenvalue weighted by molar-refractivity contribution is 6.16. The summed E-state index contributed by atoms with van der Waals surface area (Å²) in [7, 11) is 6.17. The van der Waals surface area contributed by atoms with E-state index in [1.165, 1.54) is 31.7 Å². The van der Waals surface area contributed by atoms with Crippen LogP contribution in [0.15, 0.2) is 54.6 Å². The number of benzene rings is 2. The highest BCUT2D eigenvalue weighted by Crippen LogP contribution is 2.32. The predicted molar refractivity (Wildman–Crippen MR) is 353 cm³/mol. The van der Waals surface area contributed by atoms with Crippen molar-refractivity contribution in [3.63, 3.8) is 0 Å². The van der Waals surface area contributed by atoms with E-state index in [2.05, 4.69) is 56.7 Å². The lowest BCUT2D eigenvalue weighted by Crippen LogP contribution is -2.60. The van der Waals surface area contributed by atoms with Crippen LogP contribution in [0.5, 0.6) is 0 Å². The van der Waals surface area contributed by atoms with Crippen LogP contribution in [0.3, 0.4) is 0 Å². The van der Waals surface area contributed by atoms with Crippen LogP contribution >= 0.6 is 0 Å². The molecule has 91 heavy (non-hydrogen) atoms. The summed E-state index contributed by atoms with van der Waals surface area (Å²) in [5, 5.41) is 26.3. The normalized spacial score (nSPS) is 19.1. The number of likely N-dealkylation sites (tertiary alicyclic amines) is 1. The average Bonchev–Trinajstić information content (AvgIpc) is 1.90. The molecule has 4 rings (SSSR count). The highest BCUT2D eigenvalue weighted by Gasteiger charge is 2.44. The lowest BCUT2D eigenvalue weighted by Gasteiger charge is -2.41. The van der Waals surface area contributed by atoms with E-state index in [0.29, 0.717) is 61.6 Å². The molecule has 2 aromatic rings. The van der Waals surface area contributed by atoms with Gasteiger partial charge >= 0.3 is 12.2 Å². The van der Waals surface area contributed by atoms with Gasteiger partial charge in [-0.2, -0.15) is 0 Å². The first kappa shape index (κ1) is 77.6. The van der Waals surface area contributed by atoms with E-state index in [0.717, 1.165) is 32.1 Å². The van der Waals surface area contributed by atoms with Crippen molar-refractivity contribution in [3.8, 4) is 0 Å². The third-order valence-corrected chi connectivity index (χ3v) is 18.7. The molecule has 0 aliphatic carbocycles. The Kier molecular flexibility index (Phi) is 32.8. The molecule has 23 heteroatoms. The van der Waals surface area contributed by atoms with Crippen molar-refractivity contribution in [3.05, 3.63) is 71.3 Å². The number of nitrogens with zero attached hydrogens (tertiary/aromatic N) is 3. The van der Waals surface area contributed by atoms with Crippen LogP contribution in [0.2, 0.25) is 0 Å². The number of nitrogens with one attached hydrogen (secondary N) is 5. The second-order valence-electron chi connectivity index (χ2n) is 25.5. The standard InChI is InChI=1S/C68H109N8O14.Al/c1-17-21-25-45(10)49-29-31-50(32-30-49)62(79)47(12)70-64(80)46(11)63(86-16)55-27-22-34-76(55)58(78)37-56(85-15)61(44(9)19-3)74(13)66(82)59(42(5)6)73-65(81)60(43(7)8)75(14)68(84)89-39-48-28-33-53(72-67(83)90-52-26-23-35-87-41-88-40-52)54(36-48)69-38-57(77)71-51(20-4)24-18-2;/h23,26,28-33,36,42-47,52,55-56,59-63,69,79H,17-22,24-25,27,34-35,37-41H2,1-16H3,(H,70,80)(H,71,77)(H,72,83)(H,73,81);/t44-,45?,46+,47+,52?,55-,56+,59+,60-,61-,62+,63+;/m0./s1. The fraction of sp³-hybridized carbons (Fsp3) is 0.691. The Balaban J connectivity index is 1.46. The number of hydrogen-bond acceptors (Lipinski definition) is 15. The summed E-state index contributed by atoms with van der Waals surface area (Å²) in [5.74, 6) is -3.09. The first-order chi connectivity index (χ1) is 43.2. The van der Waals surface area contributed by atoms with Crippen molar-refractivity contribution >= 4 is 69.4 Å². The smallest absolute Gasteiger partial charge is 0.412 e. The minimum atomic E-state index is -1.08. The zero-order chi connectivity index (χ0) is 67.7. The van der Waals surface area contributed by atoms with Crippen molar-refractivity contribution in [2.24, 2.45) is 23.7 Å². The van der Waals surface area contributed by atoms with Crippen LogP contribution < -0.4 is 26.6 Å². The number of carbonyl (C=O) groups is 7. The van der Waals surface area contributed by atoms with Crippen molar-refractivity contribution in [1.82, 2.24) is 30.7 Å². The SMILES string of the molecule is CCCCC(C)c1ccc([C@H](O)[C@@H](C)NC(=O)[C@H](C)[C@@H](OC)[C@@H]2CCCN2C(=O)C[C@@H](OC)[C@H]([C@@H](C)CC)N(C)C(=O)[C@H](NC(=O)[C@H](C(C)C)N(C)C(=O)OCc2ccc(NC(=O)OC3C=CCOCOC3)c(NCC(=O)N[C]([Al])(CC)CCC)c2)C(C)C)cc1. The minimum absolute atomic E-state index is 0.0534. The summed E-state index contributed by atoms with van der Waals surface area (Å²) in [6.07, 6.45) is 6.27. The van der Waals surface area contributed by atoms with Gasteiger partial charge in [0.2, 0.25) is 29.5 Å². The third kappa shape index (κ3) is 23.0. The summed E-state index contributed by atoms with van der Waals surface area (Å²) in [5.41, 5.74) is 3.04. The largest absolute Gasteiger partial charge is 0.445 e. The Morgan fingerprint density at radius 1 is 0.835 bits per heavy atom. The lowest BCUT2D eigenvalue weighted by molar-refractivity contribution is -0.148. The van der Waals surface area contributed by atoms with Gasteiger partial charge in [-0.1, -0.05) is 138 Å². The van der Waals surface area contributed by atoms with Crippen LogP contribution in [0.1, 0.15) is 176 Å². The molecular formula is C68H109AlN8O14. The Morgan fingerprint density at radius 2 is 1.53 bits per heavy atom. The molecule has 0 bridgehead atoms. The molecule has 1 fully saturated rings. The van der Waals surface area contributed by atoms with Crippen molar-refractivity contribution in [1.29, 1.82) is 0 Å². The van der Waals surface area contributed by atoms with Gasteiger partial charge in [0, 0.05) is 34.9 Å². The molecule has 2 aliphatic rings. The first-order valence-electron chi connectivity index (χ1n) is 32.9. The molecule has 6 N–H and O–H groups in total. The van der Waals surface area contributed by atoms with Crippen LogP contribution in [0.4, 0.5) is 21.0 Å². The third-order valence-electron chi connectivity index (χ3n) is 17.9. The second-order valence-corrected chi connectivity index (χ2v) is 26.6. The number of aliphatic hydroxyl groups excluding tert-OH is 1. The van der Waals surface area contributed by atoms with Gasteiger partial charge in [-0.05, 0) is 102 Å². The number of rotatable bonds is 35. The van der Waals surface area contributed by atoms with Crippen LogP contribution in [0, 0.1) is 23.7 Å². The number of carbonyl (C=O) groups excluding carboxylic acids is 7. The Hall–Kier alpha value is -5.80. The van der Waals surface area contributed by atoms with Gasteiger partial charge in [0.15, 0.2) is 16.3 Å². The van der Waals surface area contributed by atoms with E-state index in [1.807, 2.05) is 65.8 Å². The van der Waals surface area contributed by atoms with E-state index >= 15 is 0 Å². The number of hydrogen-bond donors (Lipinski definition) is 6. The molecule has 1 saturated heterocycles. The number of methoxy groups -OCH3 is 2. The van der Waals surface area contributed by atoms with E-state index in [4.69, 9.17) is 28.4 Å². The fourth-order valence-corrected chi connectivity index (χ4v) is 12.6. The summed E-state index contributed by atoms with van der Waals surface area (Å²) in [4.78, 5) is 103. The van der Waals surface area contributed by atoms with Gasteiger partial charge in [0.1, 0.15) is 31.6 Å². The maximum Gasteiger partial charge on any atom is 0.412 e. The van der Waals surface area contributed by atoms with Gasteiger partial charge < -0.3 is 64.6 Å². The quantitative estimate of drug-likeness (QED) is 0.0278. The molecule has 0 spiro atoms. The monoisotopic (exact) mass is 1290 g/mol. The summed E-state index contributed by atoms with van der Waals surface area (Å²) >= 11 is 2.74. The van der Waals surface area contributed by atoms with Crippen LogP contribution in [-0.4, -0.2) is 192 Å². The molecule has 0 saturated carbocycles. The molecule has 0 aromatic heterocycles. The van der Waals surface area contributed by atoms with Crippen molar-refractivity contribution < 1.29 is 67.1 Å². The number of unbranched alkanes of at least 4 members (excludes halogenated alkanes) is 1. The number of amides is 7. The molecule has 508 valence electrons. The van der Waals surface area contributed by atoms with Gasteiger partial charge in [0.25, 0.3) is 0 Å². The Labute approximate surface area is 550 Å². The molecule has 2 radical (unpaired) electrons. The van der Waals surface area contributed by atoms with Crippen molar-refractivity contribution in [2.45, 2.75) is 219 Å². The highest BCUT2D eigenvalue weighted by atomic mass is 27.0. The zero-order valence-corrected chi connectivity index (χ0v) is 58.4. The second kappa shape index (κ2) is 38.4. The molecular weight excluding hydrogens is 1180 g/mol. The van der Waals surface area contributed by atoms with Gasteiger partial charge in [-0.3, -0.25) is 34.2 Å². The van der Waals surface area contributed by atoms with Crippen LogP contribution in [0.25, 0.3) is 0 Å². The fourth-order valence-electron chi connectivity index (χ4n) is 12.1.